The summed E-state index contributed by atoms with van der Waals surface area (Å²) in [5, 5.41) is 0. The van der Waals surface area contributed by atoms with E-state index in [4.69, 9.17) is 0 Å². The highest BCUT2D eigenvalue weighted by Gasteiger charge is 2.43. The topological polar surface area (TPSA) is 6.48 Å². The van der Waals surface area contributed by atoms with Gasteiger partial charge in [0.25, 0.3) is 0 Å². The van der Waals surface area contributed by atoms with Crippen LogP contribution < -0.4 is 0 Å². The van der Waals surface area contributed by atoms with Gasteiger partial charge in [-0.2, -0.15) is 0 Å². The first kappa shape index (κ1) is 28.4. The number of hydrogen-bond acceptors (Lipinski definition) is 2. The quantitative estimate of drug-likeness (QED) is 0.393. The van der Waals surface area contributed by atoms with Gasteiger partial charge in [0.05, 0.1) is 0 Å². The van der Waals surface area contributed by atoms with Crippen LogP contribution in [0.1, 0.15) is 103 Å². The van der Waals surface area contributed by atoms with Crippen LogP contribution >= 0.6 is 0 Å². The van der Waals surface area contributed by atoms with Gasteiger partial charge in [-0.05, 0) is 149 Å². The Labute approximate surface area is 228 Å². The summed E-state index contributed by atoms with van der Waals surface area (Å²) in [6.45, 7) is 19.3. The molecule has 2 fully saturated rings. The molecule has 2 heteroatoms. The second kappa shape index (κ2) is 10.2. The molecule has 0 bridgehead atoms. The zero-order valence-corrected chi connectivity index (χ0v) is 25.6. The van der Waals surface area contributed by atoms with Crippen molar-refractivity contribution >= 4 is 0 Å². The Morgan fingerprint density at radius 2 is 0.730 bits per heavy atom. The standard InChI is InChI=1S/C35H54N2/c1-32(2)22-30(23-33(3,4)36(32)9)20-28-15-11-26(12-16-28)19-27-13-17-29(18-14-27)21-31-24-34(5,6)37(10)35(7,8)25-31/h11-18,30-31H,19-25H2,1-10H3. The van der Waals surface area contributed by atoms with Gasteiger partial charge < -0.3 is 0 Å². The van der Waals surface area contributed by atoms with Gasteiger partial charge in [-0.3, -0.25) is 9.80 Å². The van der Waals surface area contributed by atoms with E-state index in [2.05, 4.69) is 128 Å². The molecule has 2 aromatic carbocycles. The SMILES string of the molecule is CN1C(C)(C)CC(Cc2ccc(Cc3ccc(CC4CC(C)(C)N(C)C(C)(C)C4)cc3)cc2)CC1(C)C. The molecule has 0 unspecified atom stereocenters. The number of nitrogens with zero attached hydrogens (tertiary/aromatic N) is 2. The lowest BCUT2D eigenvalue weighted by molar-refractivity contribution is -0.0299. The first-order chi connectivity index (χ1) is 17.1. The average Bonchev–Trinajstić information content (AvgIpc) is 2.78. The first-order valence-electron chi connectivity index (χ1n) is 14.7. The summed E-state index contributed by atoms with van der Waals surface area (Å²) in [4.78, 5) is 5.17. The van der Waals surface area contributed by atoms with Crippen LogP contribution in [0.15, 0.2) is 48.5 Å². The molecule has 2 aliphatic rings. The fraction of sp³-hybridized carbons (Fsp3) is 0.657. The fourth-order valence-electron chi connectivity index (χ4n) is 7.93. The Bertz CT molecular complexity index is 920. The fourth-order valence-corrected chi connectivity index (χ4v) is 7.93. The van der Waals surface area contributed by atoms with Crippen LogP contribution in [0, 0.1) is 11.8 Å². The molecule has 2 aromatic rings. The molecule has 0 saturated carbocycles. The van der Waals surface area contributed by atoms with Crippen molar-refractivity contribution in [2.45, 2.75) is 122 Å². The van der Waals surface area contributed by atoms with Crippen LogP contribution in [0.5, 0.6) is 0 Å². The molecule has 0 atom stereocenters. The van der Waals surface area contributed by atoms with Crippen LogP contribution in [0.2, 0.25) is 0 Å². The third-order valence-corrected chi connectivity index (χ3v) is 10.3. The molecule has 4 rings (SSSR count). The van der Waals surface area contributed by atoms with E-state index in [-0.39, 0.29) is 22.2 Å². The average molecular weight is 503 g/mol. The van der Waals surface area contributed by atoms with E-state index in [1.165, 1.54) is 60.8 Å². The highest BCUT2D eigenvalue weighted by atomic mass is 15.2. The van der Waals surface area contributed by atoms with Crippen LogP contribution in [0.3, 0.4) is 0 Å². The minimum atomic E-state index is 0.262. The van der Waals surface area contributed by atoms with Crippen molar-refractivity contribution in [3.05, 3.63) is 70.8 Å². The monoisotopic (exact) mass is 502 g/mol. The van der Waals surface area contributed by atoms with Gasteiger partial charge in [-0.25, -0.2) is 0 Å². The molecule has 0 spiro atoms. The number of likely N-dealkylation sites (tertiary alicyclic amines) is 2. The lowest BCUT2D eigenvalue weighted by atomic mass is 9.72. The van der Waals surface area contributed by atoms with E-state index in [1.807, 2.05) is 0 Å². The maximum Gasteiger partial charge on any atom is 0.0158 e. The van der Waals surface area contributed by atoms with Crippen LogP contribution in [-0.2, 0) is 19.3 Å². The first-order valence-corrected chi connectivity index (χ1v) is 14.7. The molecule has 2 heterocycles. The Kier molecular flexibility index (Phi) is 7.79. The van der Waals surface area contributed by atoms with Gasteiger partial charge in [-0.15, -0.1) is 0 Å². The third kappa shape index (κ3) is 6.51. The van der Waals surface area contributed by atoms with Crippen molar-refractivity contribution in [3.63, 3.8) is 0 Å². The van der Waals surface area contributed by atoms with Gasteiger partial charge >= 0.3 is 0 Å². The zero-order chi connectivity index (χ0) is 27.2. The van der Waals surface area contributed by atoms with E-state index in [1.54, 1.807) is 0 Å². The van der Waals surface area contributed by atoms with Crippen LogP contribution in [-0.4, -0.2) is 46.1 Å². The molecule has 0 aromatic heterocycles. The molecule has 0 amide bonds. The maximum absolute atomic E-state index is 2.58. The molecular weight excluding hydrogens is 448 g/mol. The van der Waals surface area contributed by atoms with E-state index < -0.39 is 0 Å². The summed E-state index contributed by atoms with van der Waals surface area (Å²) in [6, 6.07) is 19.0. The number of benzene rings is 2. The third-order valence-electron chi connectivity index (χ3n) is 10.3. The van der Waals surface area contributed by atoms with Gasteiger partial charge in [0.15, 0.2) is 0 Å². The lowest BCUT2D eigenvalue weighted by Gasteiger charge is -2.54. The van der Waals surface area contributed by atoms with Crippen molar-refractivity contribution < 1.29 is 0 Å². The summed E-state index contributed by atoms with van der Waals surface area (Å²) in [7, 11) is 4.60. The summed E-state index contributed by atoms with van der Waals surface area (Å²) in [5.74, 6) is 1.50. The van der Waals surface area contributed by atoms with E-state index in [0.29, 0.717) is 0 Å². The van der Waals surface area contributed by atoms with Gasteiger partial charge in [0.1, 0.15) is 0 Å². The Balaban J connectivity index is 1.33. The second-order valence-electron chi connectivity index (χ2n) is 15.1. The molecule has 37 heavy (non-hydrogen) atoms. The largest absolute Gasteiger partial charge is 0.296 e. The van der Waals surface area contributed by atoms with Crippen LogP contribution in [0.25, 0.3) is 0 Å². The zero-order valence-electron chi connectivity index (χ0n) is 25.6. The Hall–Kier alpha value is -1.64. The summed E-state index contributed by atoms with van der Waals surface area (Å²) >= 11 is 0. The molecule has 0 N–H and O–H groups in total. The van der Waals surface area contributed by atoms with E-state index in [9.17, 15) is 0 Å². The molecule has 0 radical (unpaired) electrons. The minimum Gasteiger partial charge on any atom is -0.296 e. The number of piperidine rings is 2. The van der Waals surface area contributed by atoms with Gasteiger partial charge in [0.2, 0.25) is 0 Å². The molecule has 0 aliphatic carbocycles. The lowest BCUT2D eigenvalue weighted by Crippen LogP contribution is -2.58. The number of rotatable bonds is 6. The molecule has 204 valence electrons. The van der Waals surface area contributed by atoms with Crippen molar-refractivity contribution in [3.8, 4) is 0 Å². The molecule has 2 saturated heterocycles. The summed E-state index contributed by atoms with van der Waals surface area (Å²) < 4.78 is 0. The Morgan fingerprint density at radius 1 is 0.486 bits per heavy atom. The van der Waals surface area contributed by atoms with Crippen molar-refractivity contribution in [2.24, 2.45) is 11.8 Å². The summed E-state index contributed by atoms with van der Waals surface area (Å²) in [6.07, 6.45) is 8.49. The van der Waals surface area contributed by atoms with Crippen molar-refractivity contribution in [1.29, 1.82) is 0 Å². The highest BCUT2D eigenvalue weighted by Crippen LogP contribution is 2.42. The predicted molar refractivity (Wildman–Crippen MR) is 160 cm³/mol. The smallest absolute Gasteiger partial charge is 0.0158 e. The highest BCUT2D eigenvalue weighted by molar-refractivity contribution is 5.31. The minimum absolute atomic E-state index is 0.262. The van der Waals surface area contributed by atoms with Crippen molar-refractivity contribution in [2.75, 3.05) is 14.1 Å². The van der Waals surface area contributed by atoms with Crippen molar-refractivity contribution in [1.82, 2.24) is 9.80 Å². The normalized spacial score (nSPS) is 24.3. The van der Waals surface area contributed by atoms with E-state index >= 15 is 0 Å². The molecule has 2 aliphatic heterocycles. The van der Waals surface area contributed by atoms with Gasteiger partial charge in [0, 0.05) is 22.2 Å². The van der Waals surface area contributed by atoms with E-state index in [0.717, 1.165) is 18.3 Å². The number of hydrogen-bond donors (Lipinski definition) is 0. The second-order valence-corrected chi connectivity index (χ2v) is 15.1. The maximum atomic E-state index is 2.58. The molecule has 2 nitrogen and oxygen atoms in total. The Morgan fingerprint density at radius 3 is 1.00 bits per heavy atom. The molecular formula is C35H54N2. The van der Waals surface area contributed by atoms with Crippen LogP contribution in [0.4, 0.5) is 0 Å². The summed E-state index contributed by atoms with van der Waals surface area (Å²) in [5.41, 5.74) is 6.86. The van der Waals surface area contributed by atoms with Gasteiger partial charge in [-0.1, -0.05) is 48.5 Å². The predicted octanol–water partition coefficient (Wildman–Crippen LogP) is 8.16.